The lowest BCUT2D eigenvalue weighted by molar-refractivity contribution is -0.134. The number of carbonyl (C=O) groups is 2. The number of ether oxygens (including phenoxy) is 1. The summed E-state index contributed by atoms with van der Waals surface area (Å²) < 4.78 is 5.70. The summed E-state index contributed by atoms with van der Waals surface area (Å²) in [4.78, 5) is 26.5. The number of hydrogen-bond acceptors (Lipinski definition) is 3. The van der Waals surface area contributed by atoms with Crippen molar-refractivity contribution in [3.8, 4) is 5.75 Å². The number of amides is 2. The highest BCUT2D eigenvalue weighted by Crippen LogP contribution is 2.19. The molecule has 1 heterocycles. The molecule has 0 bridgehead atoms. The zero-order chi connectivity index (χ0) is 19.9. The van der Waals surface area contributed by atoms with Gasteiger partial charge in [-0.3, -0.25) is 9.59 Å². The summed E-state index contributed by atoms with van der Waals surface area (Å²) in [5.41, 5.74) is 3.22. The van der Waals surface area contributed by atoms with Crippen LogP contribution < -0.4 is 10.1 Å². The Labute approximate surface area is 166 Å². The lowest BCUT2D eigenvalue weighted by atomic mass is 10.0. The largest absolute Gasteiger partial charge is 0.484 e. The maximum atomic E-state index is 12.4. The Morgan fingerprint density at radius 3 is 2.46 bits per heavy atom. The molecule has 1 N–H and O–H groups in total. The number of carbonyl (C=O) groups excluding carboxylic acids is 2. The van der Waals surface area contributed by atoms with Gasteiger partial charge in [-0.25, -0.2) is 0 Å². The number of nitrogens with zero attached hydrogens (tertiary/aromatic N) is 1. The van der Waals surface area contributed by atoms with E-state index in [4.69, 9.17) is 4.74 Å². The number of benzene rings is 2. The van der Waals surface area contributed by atoms with Gasteiger partial charge in [0.25, 0.3) is 5.91 Å². The van der Waals surface area contributed by atoms with Crippen molar-refractivity contribution in [1.29, 1.82) is 0 Å². The summed E-state index contributed by atoms with van der Waals surface area (Å²) in [6.45, 7) is 5.35. The minimum absolute atomic E-state index is 0.00552. The van der Waals surface area contributed by atoms with Gasteiger partial charge in [0.2, 0.25) is 5.91 Å². The molecule has 2 amide bonds. The van der Waals surface area contributed by atoms with Crippen molar-refractivity contribution in [2.45, 2.75) is 39.2 Å². The zero-order valence-corrected chi connectivity index (χ0v) is 16.6. The molecule has 1 fully saturated rings. The van der Waals surface area contributed by atoms with Gasteiger partial charge in [0.1, 0.15) is 5.75 Å². The van der Waals surface area contributed by atoms with Gasteiger partial charge >= 0.3 is 0 Å². The Balaban J connectivity index is 1.40. The summed E-state index contributed by atoms with van der Waals surface area (Å²) in [5, 5.41) is 3.09. The van der Waals surface area contributed by atoms with E-state index >= 15 is 0 Å². The Morgan fingerprint density at radius 1 is 1.07 bits per heavy atom. The first-order chi connectivity index (χ1) is 13.5. The number of hydrogen-bond donors (Lipinski definition) is 1. The van der Waals surface area contributed by atoms with Crippen LogP contribution in [-0.2, 0) is 16.0 Å². The van der Waals surface area contributed by atoms with E-state index in [0.717, 1.165) is 29.7 Å². The molecule has 5 nitrogen and oxygen atoms in total. The third kappa shape index (κ3) is 5.59. The molecule has 0 unspecified atom stereocenters. The monoisotopic (exact) mass is 380 g/mol. The van der Waals surface area contributed by atoms with Crippen LogP contribution in [0, 0.1) is 13.8 Å². The van der Waals surface area contributed by atoms with E-state index in [1.54, 1.807) is 0 Å². The van der Waals surface area contributed by atoms with Crippen LogP contribution in [0.4, 0.5) is 0 Å². The molecule has 0 saturated carbocycles. The molecule has 28 heavy (non-hydrogen) atoms. The van der Waals surface area contributed by atoms with Crippen LogP contribution in [-0.4, -0.2) is 42.5 Å². The molecule has 0 radical (unpaired) electrons. The average Bonchev–Trinajstić information content (AvgIpc) is 2.68. The van der Waals surface area contributed by atoms with E-state index in [9.17, 15) is 9.59 Å². The van der Waals surface area contributed by atoms with Gasteiger partial charge < -0.3 is 15.0 Å². The lowest BCUT2D eigenvalue weighted by Gasteiger charge is -2.32. The van der Waals surface area contributed by atoms with Crippen LogP contribution in [0.3, 0.4) is 0 Å². The Bertz CT molecular complexity index is 812. The molecular weight excluding hydrogens is 352 g/mol. The van der Waals surface area contributed by atoms with Crippen molar-refractivity contribution in [3.63, 3.8) is 0 Å². The highest BCUT2D eigenvalue weighted by Gasteiger charge is 2.24. The molecular formula is C23H28N2O3. The predicted molar refractivity (Wildman–Crippen MR) is 109 cm³/mol. The lowest BCUT2D eigenvalue weighted by Crippen LogP contribution is -2.48. The number of rotatable bonds is 6. The number of nitrogens with one attached hydrogen (secondary N) is 1. The molecule has 0 aromatic heterocycles. The Hall–Kier alpha value is -2.82. The Kier molecular flexibility index (Phi) is 6.69. The summed E-state index contributed by atoms with van der Waals surface area (Å²) >= 11 is 0. The fourth-order valence-corrected chi connectivity index (χ4v) is 3.53. The van der Waals surface area contributed by atoms with Crippen LogP contribution in [0.15, 0.2) is 48.5 Å². The zero-order valence-electron chi connectivity index (χ0n) is 16.6. The second-order valence-corrected chi connectivity index (χ2v) is 7.44. The molecule has 3 rings (SSSR count). The molecule has 0 aliphatic carbocycles. The number of piperidine rings is 1. The molecule has 1 aliphatic rings. The Morgan fingerprint density at radius 2 is 1.79 bits per heavy atom. The fraction of sp³-hybridized carbons (Fsp3) is 0.391. The van der Waals surface area contributed by atoms with Gasteiger partial charge in [-0.2, -0.15) is 0 Å². The summed E-state index contributed by atoms with van der Waals surface area (Å²) in [5.74, 6) is 0.783. The number of likely N-dealkylation sites (tertiary alicyclic amines) is 1. The van der Waals surface area contributed by atoms with Crippen molar-refractivity contribution in [3.05, 3.63) is 65.2 Å². The quantitative estimate of drug-likeness (QED) is 0.838. The van der Waals surface area contributed by atoms with Crippen molar-refractivity contribution in [1.82, 2.24) is 10.2 Å². The van der Waals surface area contributed by atoms with Crippen LogP contribution in [0.1, 0.15) is 29.5 Å². The normalized spacial score (nSPS) is 14.6. The molecule has 0 atom stereocenters. The van der Waals surface area contributed by atoms with Gasteiger partial charge in [0.05, 0.1) is 6.42 Å². The van der Waals surface area contributed by atoms with Crippen molar-refractivity contribution in [2.24, 2.45) is 0 Å². The first-order valence-corrected chi connectivity index (χ1v) is 9.82. The van der Waals surface area contributed by atoms with Crippen LogP contribution in [0.25, 0.3) is 0 Å². The van der Waals surface area contributed by atoms with Gasteiger partial charge in [-0.1, -0.05) is 48.0 Å². The van der Waals surface area contributed by atoms with Gasteiger partial charge in [0.15, 0.2) is 6.61 Å². The minimum atomic E-state index is -0.00552. The highest BCUT2D eigenvalue weighted by molar-refractivity contribution is 5.79. The summed E-state index contributed by atoms with van der Waals surface area (Å²) in [6, 6.07) is 15.8. The third-order valence-corrected chi connectivity index (χ3v) is 5.10. The molecule has 5 heteroatoms. The van der Waals surface area contributed by atoms with Gasteiger partial charge in [-0.05, 0) is 43.9 Å². The fourth-order valence-electron chi connectivity index (χ4n) is 3.53. The number of aryl methyl sites for hydroxylation is 2. The standard InChI is InChI=1S/C23H28N2O3/c1-17-8-9-21(18(2)14-17)28-16-23(27)25-12-10-20(11-13-25)24-22(26)15-19-6-4-3-5-7-19/h3-9,14,20H,10-13,15-16H2,1-2H3,(H,24,26). The average molecular weight is 380 g/mol. The maximum absolute atomic E-state index is 12.4. The molecule has 1 aliphatic heterocycles. The van der Waals surface area contributed by atoms with Crippen molar-refractivity contribution in [2.75, 3.05) is 19.7 Å². The smallest absolute Gasteiger partial charge is 0.260 e. The van der Waals surface area contributed by atoms with Crippen molar-refractivity contribution >= 4 is 11.8 Å². The first kappa shape index (κ1) is 19.9. The van der Waals surface area contributed by atoms with E-state index in [-0.39, 0.29) is 24.5 Å². The van der Waals surface area contributed by atoms with E-state index in [2.05, 4.69) is 5.32 Å². The topological polar surface area (TPSA) is 58.6 Å². The maximum Gasteiger partial charge on any atom is 0.260 e. The minimum Gasteiger partial charge on any atom is -0.484 e. The van der Waals surface area contributed by atoms with E-state index in [1.165, 1.54) is 5.56 Å². The second kappa shape index (κ2) is 9.40. The molecule has 2 aromatic rings. The molecule has 148 valence electrons. The SMILES string of the molecule is Cc1ccc(OCC(=O)N2CCC(NC(=O)Cc3ccccc3)CC2)c(C)c1. The van der Waals surface area contributed by atoms with Gasteiger partial charge in [0, 0.05) is 19.1 Å². The van der Waals surface area contributed by atoms with Crippen molar-refractivity contribution < 1.29 is 14.3 Å². The second-order valence-electron chi connectivity index (χ2n) is 7.44. The van der Waals surface area contributed by atoms with E-state index < -0.39 is 0 Å². The van der Waals surface area contributed by atoms with Crippen LogP contribution in [0.5, 0.6) is 5.75 Å². The van der Waals surface area contributed by atoms with E-state index in [1.807, 2.05) is 67.3 Å². The van der Waals surface area contributed by atoms with Gasteiger partial charge in [-0.15, -0.1) is 0 Å². The summed E-state index contributed by atoms with van der Waals surface area (Å²) in [6.07, 6.45) is 1.94. The third-order valence-electron chi connectivity index (χ3n) is 5.10. The highest BCUT2D eigenvalue weighted by atomic mass is 16.5. The van der Waals surface area contributed by atoms with Crippen LogP contribution in [0.2, 0.25) is 0 Å². The molecule has 1 saturated heterocycles. The molecule has 0 spiro atoms. The molecule has 2 aromatic carbocycles. The van der Waals surface area contributed by atoms with E-state index in [0.29, 0.717) is 19.5 Å². The van der Waals surface area contributed by atoms with Crippen LogP contribution >= 0.6 is 0 Å². The summed E-state index contributed by atoms with van der Waals surface area (Å²) in [7, 11) is 0. The first-order valence-electron chi connectivity index (χ1n) is 9.82. The predicted octanol–water partition coefficient (Wildman–Crippen LogP) is 3.03.